The average Bonchev–Trinajstić information content (AvgIpc) is 2.77. The topological polar surface area (TPSA) is 92.6 Å². The molecule has 0 aromatic heterocycles. The molecule has 7 nitrogen and oxygen atoms in total. The standard InChI is InChI=1S/C13H15N3O4S/c1-2-6-14-12-9(4-3-5-10(12)16(19)20)7-15-11(17)8-21-13(15)18/h3-5,14H,2,6-8H2,1H3. The normalized spacial score (nSPS) is 14.6. The van der Waals surface area contributed by atoms with Gasteiger partial charge in [-0.05, 0) is 6.42 Å². The fourth-order valence-electron chi connectivity index (χ4n) is 2.03. The van der Waals surface area contributed by atoms with E-state index in [1.54, 1.807) is 12.1 Å². The molecule has 0 bridgehead atoms. The maximum absolute atomic E-state index is 11.7. The molecular formula is C13H15N3O4S. The average molecular weight is 309 g/mol. The van der Waals surface area contributed by atoms with E-state index in [9.17, 15) is 19.7 Å². The lowest BCUT2D eigenvalue weighted by Crippen LogP contribution is -2.28. The lowest BCUT2D eigenvalue weighted by atomic mass is 10.1. The van der Waals surface area contributed by atoms with E-state index < -0.39 is 4.92 Å². The molecule has 1 fully saturated rings. The molecule has 1 aromatic rings. The molecule has 0 unspecified atom stereocenters. The fraction of sp³-hybridized carbons (Fsp3) is 0.385. The minimum absolute atomic E-state index is 0.0484. The number of nitro groups is 1. The van der Waals surface area contributed by atoms with E-state index in [4.69, 9.17) is 0 Å². The molecule has 1 aromatic carbocycles. The highest BCUT2D eigenvalue weighted by Gasteiger charge is 2.31. The van der Waals surface area contributed by atoms with Crippen molar-refractivity contribution in [2.75, 3.05) is 17.6 Å². The second kappa shape index (κ2) is 6.57. The van der Waals surface area contributed by atoms with Crippen LogP contribution < -0.4 is 5.32 Å². The molecule has 0 atom stereocenters. The Balaban J connectivity index is 2.33. The van der Waals surface area contributed by atoms with Crippen molar-refractivity contribution in [3.63, 3.8) is 0 Å². The molecule has 1 N–H and O–H groups in total. The van der Waals surface area contributed by atoms with E-state index in [1.165, 1.54) is 6.07 Å². The molecule has 0 aliphatic carbocycles. The van der Waals surface area contributed by atoms with Crippen molar-refractivity contribution in [2.45, 2.75) is 19.9 Å². The molecule has 1 aliphatic rings. The van der Waals surface area contributed by atoms with Gasteiger partial charge in [0.15, 0.2) is 0 Å². The molecule has 0 radical (unpaired) electrons. The summed E-state index contributed by atoms with van der Waals surface area (Å²) in [4.78, 5) is 35.1. The molecule has 2 amide bonds. The third-order valence-electron chi connectivity index (χ3n) is 3.05. The number of carbonyl (C=O) groups is 2. The zero-order valence-corrected chi connectivity index (χ0v) is 12.3. The van der Waals surface area contributed by atoms with Crippen molar-refractivity contribution in [3.05, 3.63) is 33.9 Å². The van der Waals surface area contributed by atoms with Crippen LogP contribution >= 0.6 is 11.8 Å². The number of nitrogens with zero attached hydrogens (tertiary/aromatic N) is 2. The van der Waals surface area contributed by atoms with Crippen LogP contribution in [-0.2, 0) is 11.3 Å². The first-order chi connectivity index (χ1) is 10.0. The van der Waals surface area contributed by atoms with Gasteiger partial charge in [-0.3, -0.25) is 24.6 Å². The van der Waals surface area contributed by atoms with Crippen molar-refractivity contribution in [1.29, 1.82) is 0 Å². The van der Waals surface area contributed by atoms with Crippen LogP contribution in [0.4, 0.5) is 16.2 Å². The maximum atomic E-state index is 11.7. The number of nitrogens with one attached hydrogen (secondary N) is 1. The van der Waals surface area contributed by atoms with Gasteiger partial charge in [-0.1, -0.05) is 30.8 Å². The SMILES string of the molecule is CCCNc1c(CN2C(=O)CSC2=O)cccc1[N+](=O)[O-]. The smallest absolute Gasteiger partial charge is 0.292 e. The molecule has 1 heterocycles. The molecule has 1 aliphatic heterocycles. The number of hydrogen-bond acceptors (Lipinski definition) is 6. The third kappa shape index (κ3) is 3.33. The lowest BCUT2D eigenvalue weighted by molar-refractivity contribution is -0.384. The second-order valence-electron chi connectivity index (χ2n) is 4.53. The third-order valence-corrected chi connectivity index (χ3v) is 3.90. The first kappa shape index (κ1) is 15.3. The van der Waals surface area contributed by atoms with Gasteiger partial charge in [0.25, 0.3) is 10.9 Å². The summed E-state index contributed by atoms with van der Waals surface area (Å²) in [6.45, 7) is 2.58. The quantitative estimate of drug-likeness (QED) is 0.641. The summed E-state index contributed by atoms with van der Waals surface area (Å²) in [5, 5.41) is 13.8. The zero-order chi connectivity index (χ0) is 15.4. The Kier molecular flexibility index (Phi) is 4.79. The van der Waals surface area contributed by atoms with Crippen LogP contribution in [0.2, 0.25) is 0 Å². The van der Waals surface area contributed by atoms with E-state index in [0.29, 0.717) is 17.8 Å². The number of para-hydroxylation sites is 1. The Morgan fingerprint density at radius 3 is 2.76 bits per heavy atom. The summed E-state index contributed by atoms with van der Waals surface area (Å²) in [6, 6.07) is 4.65. The number of amides is 2. The van der Waals surface area contributed by atoms with E-state index in [2.05, 4.69) is 5.32 Å². The zero-order valence-electron chi connectivity index (χ0n) is 11.5. The van der Waals surface area contributed by atoms with Crippen LogP contribution in [0, 0.1) is 10.1 Å². The highest BCUT2D eigenvalue weighted by molar-refractivity contribution is 8.14. The summed E-state index contributed by atoms with van der Waals surface area (Å²) < 4.78 is 0. The number of nitro benzene ring substituents is 1. The predicted molar refractivity (Wildman–Crippen MR) is 80.3 cm³/mol. The van der Waals surface area contributed by atoms with Crippen molar-refractivity contribution < 1.29 is 14.5 Å². The minimum Gasteiger partial charge on any atom is -0.379 e. The Labute approximate surface area is 125 Å². The largest absolute Gasteiger partial charge is 0.379 e. The van der Waals surface area contributed by atoms with Crippen molar-refractivity contribution >= 4 is 34.3 Å². The van der Waals surface area contributed by atoms with Gasteiger partial charge in [0.1, 0.15) is 5.69 Å². The maximum Gasteiger partial charge on any atom is 0.292 e. The summed E-state index contributed by atoms with van der Waals surface area (Å²) >= 11 is 0.950. The first-order valence-electron chi connectivity index (χ1n) is 6.52. The van der Waals surface area contributed by atoms with Gasteiger partial charge in [-0.2, -0.15) is 0 Å². The van der Waals surface area contributed by atoms with Crippen LogP contribution in [0.5, 0.6) is 0 Å². The summed E-state index contributed by atoms with van der Waals surface area (Å²) in [7, 11) is 0. The number of rotatable bonds is 6. The van der Waals surface area contributed by atoms with Crippen LogP contribution in [0.15, 0.2) is 18.2 Å². The summed E-state index contributed by atoms with van der Waals surface area (Å²) in [5.41, 5.74) is 0.899. The molecule has 8 heteroatoms. The predicted octanol–water partition coefficient (Wildman–Crippen LogP) is 2.61. The number of imide groups is 1. The Morgan fingerprint density at radius 2 is 2.19 bits per heavy atom. The molecule has 0 saturated carbocycles. The van der Waals surface area contributed by atoms with E-state index in [-0.39, 0.29) is 29.1 Å². The van der Waals surface area contributed by atoms with Gasteiger partial charge < -0.3 is 5.32 Å². The van der Waals surface area contributed by atoms with Gasteiger partial charge in [-0.15, -0.1) is 0 Å². The van der Waals surface area contributed by atoms with Gasteiger partial charge >= 0.3 is 0 Å². The van der Waals surface area contributed by atoms with Gasteiger partial charge in [0.2, 0.25) is 5.91 Å². The van der Waals surface area contributed by atoms with Crippen LogP contribution in [0.1, 0.15) is 18.9 Å². The minimum atomic E-state index is -0.468. The molecule has 2 rings (SSSR count). The van der Waals surface area contributed by atoms with Crippen molar-refractivity contribution in [3.8, 4) is 0 Å². The van der Waals surface area contributed by atoms with Crippen molar-refractivity contribution in [2.24, 2.45) is 0 Å². The number of hydrogen-bond donors (Lipinski definition) is 1. The fourth-order valence-corrected chi connectivity index (χ4v) is 2.75. The number of anilines is 1. The molecule has 112 valence electrons. The summed E-state index contributed by atoms with van der Waals surface area (Å²) in [6.07, 6.45) is 0.808. The van der Waals surface area contributed by atoms with E-state index in [1.807, 2.05) is 6.92 Å². The lowest BCUT2D eigenvalue weighted by Gasteiger charge is -2.16. The second-order valence-corrected chi connectivity index (χ2v) is 5.46. The van der Waals surface area contributed by atoms with Crippen molar-refractivity contribution in [1.82, 2.24) is 4.90 Å². The molecular weight excluding hydrogens is 294 g/mol. The van der Waals surface area contributed by atoms with Crippen LogP contribution in [-0.4, -0.2) is 33.3 Å². The Hall–Kier alpha value is -2.09. The highest BCUT2D eigenvalue weighted by Crippen LogP contribution is 2.31. The molecule has 0 spiro atoms. The Morgan fingerprint density at radius 1 is 1.43 bits per heavy atom. The number of carbonyl (C=O) groups excluding carboxylic acids is 2. The van der Waals surface area contributed by atoms with E-state index >= 15 is 0 Å². The highest BCUT2D eigenvalue weighted by atomic mass is 32.2. The van der Waals surface area contributed by atoms with Crippen LogP contribution in [0.3, 0.4) is 0 Å². The Bertz CT molecular complexity index is 575. The van der Waals surface area contributed by atoms with Gasteiger partial charge in [0.05, 0.1) is 17.2 Å². The monoisotopic (exact) mass is 309 g/mol. The number of thioether (sulfide) groups is 1. The molecule has 21 heavy (non-hydrogen) atoms. The van der Waals surface area contributed by atoms with Crippen LogP contribution in [0.25, 0.3) is 0 Å². The first-order valence-corrected chi connectivity index (χ1v) is 7.50. The van der Waals surface area contributed by atoms with E-state index in [0.717, 1.165) is 23.1 Å². The van der Waals surface area contributed by atoms with Gasteiger partial charge in [-0.25, -0.2) is 0 Å². The number of benzene rings is 1. The summed E-state index contributed by atoms with van der Waals surface area (Å²) in [5.74, 6) is -0.135. The molecule has 1 saturated heterocycles. The van der Waals surface area contributed by atoms with Gasteiger partial charge in [0, 0.05) is 18.2 Å².